The molecule has 160 valence electrons. The number of carbonyl (C=O) groups is 1. The fraction of sp³-hybridized carbons (Fsp3) is 0.480. The van der Waals surface area contributed by atoms with Crippen LogP contribution in [0.1, 0.15) is 56.1 Å². The van der Waals surface area contributed by atoms with E-state index in [1.54, 1.807) is 11.3 Å². The lowest BCUT2D eigenvalue weighted by Gasteiger charge is -2.33. The summed E-state index contributed by atoms with van der Waals surface area (Å²) in [5, 5.41) is 8.70. The van der Waals surface area contributed by atoms with Crippen molar-refractivity contribution in [3.05, 3.63) is 58.4 Å². The molecular formula is C25H33N3OS. The van der Waals surface area contributed by atoms with Gasteiger partial charge >= 0.3 is 0 Å². The Hall–Kier alpha value is -2.11. The first-order valence-corrected chi connectivity index (χ1v) is 12.1. The van der Waals surface area contributed by atoms with E-state index in [4.69, 9.17) is 0 Å². The molecule has 3 heterocycles. The number of aryl methyl sites for hydroxylation is 1. The summed E-state index contributed by atoms with van der Waals surface area (Å²) in [5.41, 5.74) is 3.68. The number of para-hydroxylation sites is 1. The lowest BCUT2D eigenvalue weighted by Crippen LogP contribution is -2.39. The number of nitrogens with one attached hydrogen (secondary N) is 1. The number of benzene rings is 1. The molecule has 3 aromatic rings. The third-order valence-electron chi connectivity index (χ3n) is 6.52. The summed E-state index contributed by atoms with van der Waals surface area (Å²) in [6, 6.07) is 11.3. The molecule has 1 fully saturated rings. The van der Waals surface area contributed by atoms with Crippen LogP contribution in [0.3, 0.4) is 0 Å². The monoisotopic (exact) mass is 423 g/mol. The minimum atomic E-state index is 0.0875. The van der Waals surface area contributed by atoms with Crippen LogP contribution in [0, 0.1) is 0 Å². The summed E-state index contributed by atoms with van der Waals surface area (Å²) in [6.45, 7) is 5.37. The Labute approximate surface area is 183 Å². The van der Waals surface area contributed by atoms with E-state index < -0.39 is 0 Å². The zero-order valence-corrected chi connectivity index (χ0v) is 19.0. The molecule has 4 rings (SSSR count). The number of hydrogen-bond acceptors (Lipinski definition) is 3. The molecule has 1 aromatic carbocycles. The molecule has 5 heteroatoms. The maximum atomic E-state index is 12.9. The van der Waals surface area contributed by atoms with Crippen LogP contribution in [-0.2, 0) is 11.8 Å². The van der Waals surface area contributed by atoms with Crippen molar-refractivity contribution in [3.63, 3.8) is 0 Å². The van der Waals surface area contributed by atoms with Gasteiger partial charge in [-0.2, -0.15) is 11.3 Å². The van der Waals surface area contributed by atoms with Gasteiger partial charge in [-0.05, 0) is 66.8 Å². The summed E-state index contributed by atoms with van der Waals surface area (Å²) in [6.07, 6.45) is 7.67. The highest BCUT2D eigenvalue weighted by Gasteiger charge is 2.23. The van der Waals surface area contributed by atoms with Crippen molar-refractivity contribution in [1.82, 2.24) is 14.8 Å². The van der Waals surface area contributed by atoms with E-state index in [-0.39, 0.29) is 11.8 Å². The number of thiophene rings is 1. The van der Waals surface area contributed by atoms with E-state index >= 15 is 0 Å². The molecule has 4 nitrogen and oxygen atoms in total. The number of fused-ring (bicyclic) bond motifs is 1. The second-order valence-electron chi connectivity index (χ2n) is 8.61. The Morgan fingerprint density at radius 1 is 1.27 bits per heavy atom. The number of likely N-dealkylation sites (tertiary alicyclic amines) is 1. The zero-order valence-electron chi connectivity index (χ0n) is 18.1. The van der Waals surface area contributed by atoms with Crippen LogP contribution in [-0.4, -0.2) is 41.1 Å². The first-order valence-electron chi connectivity index (χ1n) is 11.2. The van der Waals surface area contributed by atoms with Crippen LogP contribution in [0.4, 0.5) is 0 Å². The van der Waals surface area contributed by atoms with Crippen LogP contribution in [0.15, 0.2) is 47.3 Å². The quantitative estimate of drug-likeness (QED) is 0.509. The first kappa shape index (κ1) is 21.1. The van der Waals surface area contributed by atoms with E-state index in [2.05, 4.69) is 76.0 Å². The van der Waals surface area contributed by atoms with Gasteiger partial charge < -0.3 is 14.8 Å². The van der Waals surface area contributed by atoms with Crippen molar-refractivity contribution >= 4 is 28.1 Å². The van der Waals surface area contributed by atoms with Crippen LogP contribution >= 0.6 is 11.3 Å². The van der Waals surface area contributed by atoms with Crippen molar-refractivity contribution in [2.75, 3.05) is 19.6 Å². The van der Waals surface area contributed by atoms with E-state index in [0.717, 1.165) is 19.5 Å². The number of hydrogen-bond donors (Lipinski definition) is 1. The van der Waals surface area contributed by atoms with Gasteiger partial charge in [-0.1, -0.05) is 24.6 Å². The van der Waals surface area contributed by atoms with Crippen molar-refractivity contribution < 1.29 is 4.79 Å². The normalized spacial score (nSPS) is 18.5. The summed E-state index contributed by atoms with van der Waals surface area (Å²) in [4.78, 5) is 15.4. The van der Waals surface area contributed by atoms with Gasteiger partial charge in [0, 0.05) is 55.6 Å². The van der Waals surface area contributed by atoms with E-state index in [9.17, 15) is 4.79 Å². The van der Waals surface area contributed by atoms with E-state index in [0.29, 0.717) is 12.5 Å². The molecule has 0 radical (unpaired) electrons. The van der Waals surface area contributed by atoms with Gasteiger partial charge in [-0.15, -0.1) is 0 Å². The minimum Gasteiger partial charge on any atom is -0.356 e. The molecule has 0 bridgehead atoms. The number of rotatable bonds is 8. The van der Waals surface area contributed by atoms with Crippen LogP contribution in [0.2, 0.25) is 0 Å². The Morgan fingerprint density at radius 3 is 2.93 bits per heavy atom. The van der Waals surface area contributed by atoms with Gasteiger partial charge in [0.05, 0.1) is 0 Å². The second kappa shape index (κ2) is 9.80. The smallest absolute Gasteiger partial charge is 0.220 e. The van der Waals surface area contributed by atoms with E-state index in [1.165, 1.54) is 47.8 Å². The molecular weight excluding hydrogens is 390 g/mol. The average molecular weight is 424 g/mol. The SMILES string of the molecule is CC1CCCCN1CCCNC(=O)CC(c1ccsc1)c1cn(C)c2ccccc12. The van der Waals surface area contributed by atoms with Gasteiger partial charge in [-0.25, -0.2) is 0 Å². The Bertz CT molecular complexity index is 962. The first-order chi connectivity index (χ1) is 14.6. The molecule has 1 N–H and O–H groups in total. The van der Waals surface area contributed by atoms with Gasteiger partial charge in [0.2, 0.25) is 5.91 Å². The molecule has 1 saturated heterocycles. The summed E-state index contributed by atoms with van der Waals surface area (Å²) >= 11 is 1.70. The summed E-state index contributed by atoms with van der Waals surface area (Å²) in [7, 11) is 2.08. The lowest BCUT2D eigenvalue weighted by molar-refractivity contribution is -0.121. The van der Waals surface area contributed by atoms with Crippen molar-refractivity contribution in [3.8, 4) is 0 Å². The molecule has 1 amide bonds. The maximum absolute atomic E-state index is 12.9. The van der Waals surface area contributed by atoms with E-state index in [1.807, 2.05) is 0 Å². The van der Waals surface area contributed by atoms with Gasteiger partial charge in [-0.3, -0.25) is 4.79 Å². The Balaban J connectivity index is 1.40. The minimum absolute atomic E-state index is 0.0875. The molecule has 2 unspecified atom stereocenters. The van der Waals surface area contributed by atoms with Crippen LogP contribution in [0.25, 0.3) is 10.9 Å². The number of aromatic nitrogens is 1. The van der Waals surface area contributed by atoms with Crippen molar-refractivity contribution in [2.24, 2.45) is 7.05 Å². The highest BCUT2D eigenvalue weighted by atomic mass is 32.1. The summed E-state index contributed by atoms with van der Waals surface area (Å²) in [5.74, 6) is 0.232. The highest BCUT2D eigenvalue weighted by molar-refractivity contribution is 7.08. The molecule has 30 heavy (non-hydrogen) atoms. The van der Waals surface area contributed by atoms with Gasteiger partial charge in [0.25, 0.3) is 0 Å². The molecule has 0 aliphatic carbocycles. The zero-order chi connectivity index (χ0) is 20.9. The summed E-state index contributed by atoms with van der Waals surface area (Å²) < 4.78 is 2.17. The largest absolute Gasteiger partial charge is 0.356 e. The van der Waals surface area contributed by atoms with Crippen molar-refractivity contribution in [1.29, 1.82) is 0 Å². The Kier molecular flexibility index (Phi) is 6.90. The third-order valence-corrected chi connectivity index (χ3v) is 7.22. The predicted octanol–water partition coefficient (Wildman–Crippen LogP) is 5.14. The highest BCUT2D eigenvalue weighted by Crippen LogP contribution is 2.35. The number of amides is 1. The second-order valence-corrected chi connectivity index (χ2v) is 9.39. The van der Waals surface area contributed by atoms with Gasteiger partial charge in [0.1, 0.15) is 0 Å². The Morgan fingerprint density at radius 2 is 2.13 bits per heavy atom. The van der Waals surface area contributed by atoms with Gasteiger partial charge in [0.15, 0.2) is 0 Å². The fourth-order valence-electron chi connectivity index (χ4n) is 4.79. The molecule has 2 atom stereocenters. The number of carbonyl (C=O) groups excluding carboxylic acids is 1. The molecule has 1 aliphatic heterocycles. The number of piperidine rings is 1. The molecule has 2 aromatic heterocycles. The predicted molar refractivity (Wildman–Crippen MR) is 126 cm³/mol. The van der Waals surface area contributed by atoms with Crippen LogP contribution in [0.5, 0.6) is 0 Å². The van der Waals surface area contributed by atoms with Crippen molar-refractivity contribution in [2.45, 2.75) is 51.0 Å². The average Bonchev–Trinajstić information content (AvgIpc) is 3.40. The third kappa shape index (κ3) is 4.79. The molecule has 0 spiro atoms. The fourth-order valence-corrected chi connectivity index (χ4v) is 5.50. The maximum Gasteiger partial charge on any atom is 0.220 e. The molecule has 0 saturated carbocycles. The van der Waals surface area contributed by atoms with Crippen LogP contribution < -0.4 is 5.32 Å². The molecule has 1 aliphatic rings. The standard InChI is InChI=1S/C25H33N3OS/c1-19-8-5-6-13-28(19)14-7-12-26-25(29)16-22(20-11-15-30-18-20)23-17-27(2)24-10-4-3-9-21(23)24/h3-4,9-11,15,17-19,22H,5-8,12-14,16H2,1-2H3,(H,26,29). The topological polar surface area (TPSA) is 37.3 Å². The lowest BCUT2D eigenvalue weighted by atomic mass is 9.89. The number of nitrogens with zero attached hydrogens (tertiary/aromatic N) is 2.